The van der Waals surface area contributed by atoms with Gasteiger partial charge in [-0.05, 0) is 0 Å². The van der Waals surface area contributed by atoms with Gasteiger partial charge < -0.3 is 0 Å². The maximum atomic E-state index is 2.20. The molecule has 3 rings (SSSR count). The molecule has 0 nitrogen and oxygen atoms in total. The Kier molecular flexibility index (Phi) is 1.42. The summed E-state index contributed by atoms with van der Waals surface area (Å²) >= 11 is 0. The second-order valence-corrected chi connectivity index (χ2v) is 3.51. The molecule has 0 unspecified atom stereocenters. The van der Waals surface area contributed by atoms with E-state index in [1.165, 1.54) is 16.3 Å². The van der Waals surface area contributed by atoms with Crippen LogP contribution in [0.15, 0.2) is 58.8 Å². The molecule has 0 saturated carbocycles. The molecule has 0 aromatic rings. The summed E-state index contributed by atoms with van der Waals surface area (Å²) in [6.45, 7) is 2.71. The number of allylic oxidation sites excluding steroid dienone is 9. The Labute approximate surface area is 79.0 Å². The van der Waals surface area contributed by atoms with Gasteiger partial charge in [0.05, 0.1) is 0 Å². The van der Waals surface area contributed by atoms with Gasteiger partial charge in [-0.2, -0.15) is 0 Å². The van der Waals surface area contributed by atoms with Gasteiger partial charge in [-0.3, -0.25) is 0 Å². The third kappa shape index (κ3) is 0.983. The Bertz CT molecular complexity index is 364. The number of hydrogen-bond donors (Lipinski definition) is 0. The monoisotopic (exact) mass is 162 g/mol. The fraction of sp³-hybridized carbons (Fsp3) is 0. The third-order valence-electron chi connectivity index (χ3n) is 2.73. The molecule has 0 fully saturated rings. The van der Waals surface area contributed by atoms with Crippen LogP contribution in [-0.4, -0.2) is 19.6 Å². The van der Waals surface area contributed by atoms with E-state index in [0.29, 0.717) is 6.71 Å². The van der Waals surface area contributed by atoms with Gasteiger partial charge in [-0.25, -0.2) is 0 Å². The first-order valence-corrected chi connectivity index (χ1v) is 4.60. The summed E-state index contributed by atoms with van der Waals surface area (Å²) in [5.74, 6) is 2.13. The first kappa shape index (κ1) is 7.14. The van der Waals surface area contributed by atoms with E-state index in [1.54, 1.807) is 0 Å². The fourth-order valence-corrected chi connectivity index (χ4v) is 2.13. The molecule has 3 aliphatic heterocycles. The van der Waals surface area contributed by atoms with Crippen molar-refractivity contribution >= 4 is 19.6 Å². The third-order valence-corrected chi connectivity index (χ3v) is 2.73. The average Bonchev–Trinajstić information content (AvgIpc) is 2.19. The molecule has 0 aromatic heterocycles. The Balaban J connectivity index is 2.23. The van der Waals surface area contributed by atoms with E-state index in [1.807, 2.05) is 0 Å². The Morgan fingerprint density at radius 3 is 2.62 bits per heavy atom. The molecule has 0 spiro atoms. The first-order valence-electron chi connectivity index (χ1n) is 4.60. The minimum absolute atomic E-state index is 0.514. The molecule has 0 amide bonds. The van der Waals surface area contributed by atoms with E-state index in [-0.39, 0.29) is 0 Å². The standard InChI is InChI=1S/C11H8B2/c1-3-9-5-2-6-11-12-8-7-10(4-1)13(9)11/h1-8H. The molecular weight excluding hydrogens is 154 g/mol. The van der Waals surface area contributed by atoms with Crippen LogP contribution in [0.1, 0.15) is 0 Å². The number of rotatable bonds is 0. The van der Waals surface area contributed by atoms with Gasteiger partial charge in [-0.1, -0.05) is 0 Å². The number of hydrogen-bond acceptors (Lipinski definition) is 0. The topological polar surface area (TPSA) is 0 Å². The van der Waals surface area contributed by atoms with Gasteiger partial charge >= 0.3 is 78.4 Å². The van der Waals surface area contributed by atoms with Crippen LogP contribution in [-0.2, 0) is 0 Å². The van der Waals surface area contributed by atoms with Crippen molar-refractivity contribution in [1.29, 1.82) is 0 Å². The van der Waals surface area contributed by atoms with Crippen molar-refractivity contribution in [2.45, 2.75) is 0 Å². The van der Waals surface area contributed by atoms with Gasteiger partial charge in [0.2, 0.25) is 0 Å². The molecule has 0 atom stereocenters. The summed E-state index contributed by atoms with van der Waals surface area (Å²) in [6, 6.07) is 0. The molecular formula is C11H8B2. The predicted octanol–water partition coefficient (Wildman–Crippen LogP) is 1.50. The van der Waals surface area contributed by atoms with Crippen LogP contribution < -0.4 is 0 Å². The molecule has 2 heteroatoms. The molecule has 0 radical (unpaired) electrons. The quantitative estimate of drug-likeness (QED) is 0.473. The van der Waals surface area contributed by atoms with Crippen LogP contribution >= 0.6 is 0 Å². The van der Waals surface area contributed by atoms with Gasteiger partial charge in [0.15, 0.2) is 0 Å². The van der Waals surface area contributed by atoms with Gasteiger partial charge in [0.1, 0.15) is 0 Å². The van der Waals surface area contributed by atoms with Crippen LogP contribution in [0, 0.1) is 0 Å². The van der Waals surface area contributed by atoms with E-state index < -0.39 is 0 Å². The van der Waals surface area contributed by atoms with E-state index in [9.17, 15) is 0 Å². The second-order valence-electron chi connectivity index (χ2n) is 3.51. The SMILES string of the molecule is B1=CC=C2C=CC=C3C=CC=C1B23. The summed E-state index contributed by atoms with van der Waals surface area (Å²) in [4.78, 5) is 0. The molecule has 13 heavy (non-hydrogen) atoms. The van der Waals surface area contributed by atoms with E-state index in [0.717, 1.165) is 0 Å². The van der Waals surface area contributed by atoms with Crippen LogP contribution in [0.4, 0.5) is 0 Å². The van der Waals surface area contributed by atoms with Crippen molar-refractivity contribution in [3.05, 3.63) is 58.8 Å². The van der Waals surface area contributed by atoms with Crippen LogP contribution in [0.25, 0.3) is 0 Å². The van der Waals surface area contributed by atoms with Crippen molar-refractivity contribution in [3.8, 4) is 0 Å². The zero-order valence-electron chi connectivity index (χ0n) is 7.27. The normalized spacial score (nSPS) is 21.5. The molecule has 0 aliphatic carbocycles. The molecule has 58 valence electrons. The Hall–Kier alpha value is -1.30. The molecule has 3 heterocycles. The Morgan fingerprint density at radius 2 is 1.69 bits per heavy atom. The summed E-state index contributed by atoms with van der Waals surface area (Å²) in [6.07, 6.45) is 15.3. The summed E-state index contributed by atoms with van der Waals surface area (Å²) < 4.78 is 0. The van der Waals surface area contributed by atoms with Crippen LogP contribution in [0.2, 0.25) is 0 Å². The molecule has 0 saturated heterocycles. The van der Waals surface area contributed by atoms with Crippen LogP contribution in [0.3, 0.4) is 0 Å². The summed E-state index contributed by atoms with van der Waals surface area (Å²) in [5, 5.41) is 1.41. The van der Waals surface area contributed by atoms with Crippen molar-refractivity contribution in [1.82, 2.24) is 0 Å². The van der Waals surface area contributed by atoms with Crippen molar-refractivity contribution < 1.29 is 0 Å². The fourth-order valence-electron chi connectivity index (χ4n) is 2.13. The predicted molar refractivity (Wildman–Crippen MR) is 60.1 cm³/mol. The van der Waals surface area contributed by atoms with E-state index in [4.69, 9.17) is 0 Å². The average molecular weight is 162 g/mol. The molecule has 0 N–H and O–H groups in total. The zero-order valence-corrected chi connectivity index (χ0v) is 7.27. The van der Waals surface area contributed by atoms with Crippen LogP contribution in [0.5, 0.6) is 0 Å². The molecule has 3 aliphatic rings. The van der Waals surface area contributed by atoms with E-state index >= 15 is 0 Å². The maximum absolute atomic E-state index is 2.20. The van der Waals surface area contributed by atoms with Crippen molar-refractivity contribution in [3.63, 3.8) is 0 Å². The van der Waals surface area contributed by atoms with Crippen molar-refractivity contribution in [2.24, 2.45) is 0 Å². The molecule has 0 bridgehead atoms. The second kappa shape index (κ2) is 2.59. The molecule has 0 aromatic carbocycles. The van der Waals surface area contributed by atoms with Gasteiger partial charge in [0.25, 0.3) is 0 Å². The first-order chi connectivity index (χ1) is 6.45. The summed E-state index contributed by atoms with van der Waals surface area (Å²) in [5.41, 5.74) is 2.83. The minimum atomic E-state index is 0.514. The van der Waals surface area contributed by atoms with Gasteiger partial charge in [0, 0.05) is 0 Å². The zero-order chi connectivity index (χ0) is 8.67. The van der Waals surface area contributed by atoms with Crippen molar-refractivity contribution in [2.75, 3.05) is 0 Å². The van der Waals surface area contributed by atoms with E-state index in [2.05, 4.69) is 55.4 Å². The Morgan fingerprint density at radius 1 is 0.923 bits per heavy atom. The van der Waals surface area contributed by atoms with Gasteiger partial charge in [-0.15, -0.1) is 0 Å². The summed E-state index contributed by atoms with van der Waals surface area (Å²) in [7, 11) is 0.